The Morgan fingerprint density at radius 3 is 2.68 bits per heavy atom. The summed E-state index contributed by atoms with van der Waals surface area (Å²) in [7, 11) is 1.78. The SMILES string of the molecule is Cc1cc(NC(=O)Nc2ccc(F)c(Cl)c2)nn1C. The number of halogens is 2. The van der Waals surface area contributed by atoms with Gasteiger partial charge in [-0.05, 0) is 25.1 Å². The Labute approximate surface area is 114 Å². The molecule has 0 aliphatic rings. The van der Waals surface area contributed by atoms with E-state index in [-0.39, 0.29) is 5.02 Å². The van der Waals surface area contributed by atoms with Crippen LogP contribution in [0, 0.1) is 12.7 Å². The van der Waals surface area contributed by atoms with E-state index in [0.717, 1.165) is 5.69 Å². The molecule has 1 heterocycles. The topological polar surface area (TPSA) is 59.0 Å². The molecular weight excluding hydrogens is 271 g/mol. The number of aromatic nitrogens is 2. The van der Waals surface area contributed by atoms with Crippen LogP contribution in [0.5, 0.6) is 0 Å². The first-order chi connectivity index (χ1) is 8.95. The number of hydrogen-bond donors (Lipinski definition) is 2. The van der Waals surface area contributed by atoms with E-state index in [2.05, 4.69) is 15.7 Å². The maximum Gasteiger partial charge on any atom is 0.324 e. The Hall–Kier alpha value is -2.08. The monoisotopic (exact) mass is 282 g/mol. The molecule has 1 aromatic carbocycles. The first kappa shape index (κ1) is 13.4. The van der Waals surface area contributed by atoms with Crippen LogP contribution in [0.3, 0.4) is 0 Å². The van der Waals surface area contributed by atoms with Crippen LogP contribution in [0.25, 0.3) is 0 Å². The van der Waals surface area contributed by atoms with Gasteiger partial charge in [-0.25, -0.2) is 9.18 Å². The lowest BCUT2D eigenvalue weighted by Gasteiger charge is -2.06. The molecule has 0 bridgehead atoms. The molecule has 2 rings (SSSR count). The molecule has 0 aliphatic carbocycles. The smallest absolute Gasteiger partial charge is 0.308 e. The van der Waals surface area contributed by atoms with Gasteiger partial charge in [0.15, 0.2) is 5.82 Å². The van der Waals surface area contributed by atoms with E-state index in [9.17, 15) is 9.18 Å². The van der Waals surface area contributed by atoms with E-state index in [1.165, 1.54) is 18.2 Å². The zero-order valence-electron chi connectivity index (χ0n) is 10.4. The van der Waals surface area contributed by atoms with E-state index in [1.54, 1.807) is 17.8 Å². The Morgan fingerprint density at radius 1 is 1.37 bits per heavy atom. The number of hydrogen-bond acceptors (Lipinski definition) is 2. The summed E-state index contributed by atoms with van der Waals surface area (Å²) in [5.41, 5.74) is 1.32. The zero-order valence-corrected chi connectivity index (χ0v) is 11.1. The van der Waals surface area contributed by atoms with E-state index in [0.29, 0.717) is 11.5 Å². The second-order valence-electron chi connectivity index (χ2n) is 4.00. The predicted molar refractivity (Wildman–Crippen MR) is 72.0 cm³/mol. The fraction of sp³-hybridized carbons (Fsp3) is 0.167. The van der Waals surface area contributed by atoms with Gasteiger partial charge in [-0.3, -0.25) is 10.00 Å². The average molecular weight is 283 g/mol. The van der Waals surface area contributed by atoms with Crippen LogP contribution in [0.1, 0.15) is 5.69 Å². The standard InChI is InChI=1S/C12H12ClFN4O/c1-7-5-11(17-18(7)2)16-12(19)15-8-3-4-10(14)9(13)6-8/h3-6H,1-2H3,(H2,15,16,17,19). The van der Waals surface area contributed by atoms with Crippen molar-refractivity contribution in [1.29, 1.82) is 0 Å². The van der Waals surface area contributed by atoms with E-state index in [4.69, 9.17) is 11.6 Å². The van der Waals surface area contributed by atoms with Gasteiger partial charge < -0.3 is 5.32 Å². The highest BCUT2D eigenvalue weighted by Gasteiger charge is 2.07. The maximum absolute atomic E-state index is 13.0. The minimum atomic E-state index is -0.534. The van der Waals surface area contributed by atoms with Gasteiger partial charge in [-0.15, -0.1) is 0 Å². The number of urea groups is 1. The summed E-state index contributed by atoms with van der Waals surface area (Å²) in [4.78, 5) is 11.7. The highest BCUT2D eigenvalue weighted by Crippen LogP contribution is 2.19. The molecule has 100 valence electrons. The lowest BCUT2D eigenvalue weighted by molar-refractivity contribution is 0.262. The minimum Gasteiger partial charge on any atom is -0.308 e. The second-order valence-corrected chi connectivity index (χ2v) is 4.41. The molecule has 19 heavy (non-hydrogen) atoms. The molecule has 2 amide bonds. The summed E-state index contributed by atoms with van der Waals surface area (Å²) in [5.74, 6) is -0.0984. The van der Waals surface area contributed by atoms with Crippen LogP contribution in [0.4, 0.5) is 20.7 Å². The number of carbonyl (C=O) groups excluding carboxylic acids is 1. The molecule has 0 spiro atoms. The van der Waals surface area contributed by atoms with Crippen molar-refractivity contribution in [3.8, 4) is 0 Å². The van der Waals surface area contributed by atoms with Crippen LogP contribution in [-0.4, -0.2) is 15.8 Å². The molecule has 1 aromatic heterocycles. The number of rotatable bonds is 2. The molecule has 0 unspecified atom stereocenters. The Kier molecular flexibility index (Phi) is 3.71. The van der Waals surface area contributed by atoms with Crippen molar-refractivity contribution in [1.82, 2.24) is 9.78 Å². The van der Waals surface area contributed by atoms with Gasteiger partial charge in [-0.1, -0.05) is 11.6 Å². The first-order valence-corrected chi connectivity index (χ1v) is 5.87. The largest absolute Gasteiger partial charge is 0.324 e. The minimum absolute atomic E-state index is 0.0496. The zero-order chi connectivity index (χ0) is 14.0. The molecule has 0 aliphatic heterocycles. The number of aryl methyl sites for hydroxylation is 2. The third kappa shape index (κ3) is 3.23. The molecule has 2 N–H and O–H groups in total. The summed E-state index contributed by atoms with van der Waals surface area (Å²) in [6.45, 7) is 1.87. The van der Waals surface area contributed by atoms with Gasteiger partial charge in [0.1, 0.15) is 5.82 Å². The number of amides is 2. The van der Waals surface area contributed by atoms with Gasteiger partial charge in [0.25, 0.3) is 0 Å². The first-order valence-electron chi connectivity index (χ1n) is 5.49. The number of benzene rings is 1. The van der Waals surface area contributed by atoms with Crippen molar-refractivity contribution < 1.29 is 9.18 Å². The number of carbonyl (C=O) groups is 1. The van der Waals surface area contributed by atoms with Crippen molar-refractivity contribution in [2.24, 2.45) is 7.05 Å². The van der Waals surface area contributed by atoms with Crippen LogP contribution < -0.4 is 10.6 Å². The van der Waals surface area contributed by atoms with Crippen LogP contribution >= 0.6 is 11.6 Å². The van der Waals surface area contributed by atoms with Crippen LogP contribution in [-0.2, 0) is 7.05 Å². The third-order valence-electron chi connectivity index (χ3n) is 2.53. The van der Waals surface area contributed by atoms with Gasteiger partial charge in [0.05, 0.1) is 5.02 Å². The van der Waals surface area contributed by atoms with E-state index < -0.39 is 11.8 Å². The van der Waals surface area contributed by atoms with Crippen molar-refractivity contribution in [2.75, 3.05) is 10.6 Å². The molecule has 2 aromatic rings. The molecule has 0 atom stereocenters. The third-order valence-corrected chi connectivity index (χ3v) is 2.82. The van der Waals surface area contributed by atoms with Gasteiger partial charge in [0.2, 0.25) is 0 Å². The Balaban J connectivity index is 2.03. The second kappa shape index (κ2) is 5.27. The molecule has 0 fully saturated rings. The van der Waals surface area contributed by atoms with Crippen LogP contribution in [0.2, 0.25) is 5.02 Å². The quantitative estimate of drug-likeness (QED) is 0.889. The lowest BCUT2D eigenvalue weighted by atomic mass is 10.3. The summed E-state index contributed by atoms with van der Waals surface area (Å²) >= 11 is 5.62. The normalized spacial score (nSPS) is 10.3. The lowest BCUT2D eigenvalue weighted by Crippen LogP contribution is -2.19. The van der Waals surface area contributed by atoms with Crippen molar-refractivity contribution in [2.45, 2.75) is 6.92 Å². The fourth-order valence-electron chi connectivity index (χ4n) is 1.47. The molecule has 5 nitrogen and oxygen atoms in total. The highest BCUT2D eigenvalue weighted by atomic mass is 35.5. The van der Waals surface area contributed by atoms with Gasteiger partial charge in [0, 0.05) is 24.5 Å². The molecule has 7 heteroatoms. The van der Waals surface area contributed by atoms with Crippen molar-refractivity contribution >= 4 is 29.1 Å². The van der Waals surface area contributed by atoms with E-state index in [1.807, 2.05) is 6.92 Å². The summed E-state index contributed by atoms with van der Waals surface area (Å²) in [5, 5.41) is 9.14. The number of nitrogens with one attached hydrogen (secondary N) is 2. The summed E-state index contributed by atoms with van der Waals surface area (Å²) in [6, 6.07) is 5.20. The van der Waals surface area contributed by atoms with Crippen LogP contribution in [0.15, 0.2) is 24.3 Å². The fourth-order valence-corrected chi connectivity index (χ4v) is 1.65. The van der Waals surface area contributed by atoms with Gasteiger partial charge >= 0.3 is 6.03 Å². The average Bonchev–Trinajstić information content (AvgIpc) is 2.63. The maximum atomic E-state index is 13.0. The summed E-state index contributed by atoms with van der Waals surface area (Å²) < 4.78 is 14.6. The molecule has 0 saturated carbocycles. The van der Waals surface area contributed by atoms with Crippen molar-refractivity contribution in [3.05, 3.63) is 40.8 Å². The Morgan fingerprint density at radius 2 is 2.11 bits per heavy atom. The Bertz CT molecular complexity index is 607. The van der Waals surface area contributed by atoms with Crippen molar-refractivity contribution in [3.63, 3.8) is 0 Å². The van der Waals surface area contributed by atoms with Gasteiger partial charge in [-0.2, -0.15) is 5.10 Å². The predicted octanol–water partition coefficient (Wildman–Crippen LogP) is 3.17. The highest BCUT2D eigenvalue weighted by molar-refractivity contribution is 6.31. The number of anilines is 2. The molecular formula is C12H12ClFN4O. The molecule has 0 saturated heterocycles. The number of nitrogens with zero attached hydrogens (tertiary/aromatic N) is 2. The molecule has 0 radical (unpaired) electrons. The summed E-state index contributed by atoms with van der Waals surface area (Å²) in [6.07, 6.45) is 0. The van der Waals surface area contributed by atoms with E-state index >= 15 is 0 Å².